The SMILES string of the molecule is CCCC1CCCCCCC/C=C/C(=O)O1. The van der Waals surface area contributed by atoms with E-state index in [1.807, 2.05) is 6.08 Å². The van der Waals surface area contributed by atoms with E-state index in [0.29, 0.717) is 0 Å². The van der Waals surface area contributed by atoms with Gasteiger partial charge in [0.25, 0.3) is 0 Å². The predicted octanol–water partition coefficient (Wildman–Crippen LogP) is 4.00. The van der Waals surface area contributed by atoms with Crippen molar-refractivity contribution < 1.29 is 9.53 Å². The summed E-state index contributed by atoms with van der Waals surface area (Å²) in [6.45, 7) is 2.14. The summed E-state index contributed by atoms with van der Waals surface area (Å²) in [4.78, 5) is 11.5. The Balaban J connectivity index is 2.44. The van der Waals surface area contributed by atoms with Crippen molar-refractivity contribution in [3.63, 3.8) is 0 Å². The normalized spacial score (nSPS) is 26.3. The third kappa shape index (κ3) is 5.94. The van der Waals surface area contributed by atoms with Crippen LogP contribution in [0.2, 0.25) is 0 Å². The van der Waals surface area contributed by atoms with Crippen molar-refractivity contribution in [1.82, 2.24) is 0 Å². The third-order valence-corrected chi connectivity index (χ3v) is 3.04. The van der Waals surface area contributed by atoms with E-state index < -0.39 is 0 Å². The summed E-state index contributed by atoms with van der Waals surface area (Å²) in [6, 6.07) is 0. The van der Waals surface area contributed by atoms with Crippen LogP contribution in [0.25, 0.3) is 0 Å². The van der Waals surface area contributed by atoms with Gasteiger partial charge in [0, 0.05) is 6.08 Å². The predicted molar refractivity (Wildman–Crippen MR) is 66.2 cm³/mol. The minimum atomic E-state index is -0.154. The molecule has 0 fully saturated rings. The molecule has 2 heteroatoms. The molecule has 1 aliphatic heterocycles. The molecule has 1 aliphatic rings. The molecule has 0 radical (unpaired) electrons. The summed E-state index contributed by atoms with van der Waals surface area (Å²) in [7, 11) is 0. The van der Waals surface area contributed by atoms with E-state index in [9.17, 15) is 4.79 Å². The molecule has 0 bridgehead atoms. The van der Waals surface area contributed by atoms with Gasteiger partial charge in [0.2, 0.25) is 0 Å². The lowest BCUT2D eigenvalue weighted by Gasteiger charge is -2.16. The molecule has 0 aromatic carbocycles. The summed E-state index contributed by atoms with van der Waals surface area (Å²) in [5, 5.41) is 0. The second kappa shape index (κ2) is 8.37. The first-order chi connectivity index (χ1) is 7.83. The number of ether oxygens (including phenoxy) is 1. The zero-order chi connectivity index (χ0) is 11.6. The van der Waals surface area contributed by atoms with Crippen LogP contribution in [0, 0.1) is 0 Å². The number of hydrogen-bond donors (Lipinski definition) is 0. The summed E-state index contributed by atoms with van der Waals surface area (Å²) in [6.07, 6.45) is 14.1. The van der Waals surface area contributed by atoms with Gasteiger partial charge >= 0.3 is 5.97 Å². The highest BCUT2D eigenvalue weighted by Crippen LogP contribution is 2.15. The lowest BCUT2D eigenvalue weighted by atomic mass is 10.0. The fourth-order valence-electron chi connectivity index (χ4n) is 2.13. The van der Waals surface area contributed by atoms with Crippen LogP contribution < -0.4 is 0 Å². The molecule has 16 heavy (non-hydrogen) atoms. The standard InChI is InChI=1S/C14H24O2/c1-2-10-13-11-8-6-4-3-5-7-9-12-14(15)16-13/h9,12-13H,2-8,10-11H2,1H3/b12-9+. The highest BCUT2D eigenvalue weighted by Gasteiger charge is 2.11. The fourth-order valence-corrected chi connectivity index (χ4v) is 2.13. The Labute approximate surface area is 99.1 Å². The van der Waals surface area contributed by atoms with E-state index in [1.165, 1.54) is 32.1 Å². The average Bonchev–Trinajstić information content (AvgIpc) is 2.25. The molecule has 0 aromatic heterocycles. The van der Waals surface area contributed by atoms with Crippen molar-refractivity contribution in [1.29, 1.82) is 0 Å². The molecule has 1 atom stereocenters. The Morgan fingerprint density at radius 1 is 1.25 bits per heavy atom. The molecule has 0 aromatic rings. The second-order valence-corrected chi connectivity index (χ2v) is 4.60. The highest BCUT2D eigenvalue weighted by atomic mass is 16.5. The molecule has 0 saturated heterocycles. The molecule has 1 unspecified atom stereocenters. The number of rotatable bonds is 2. The van der Waals surface area contributed by atoms with Crippen LogP contribution >= 0.6 is 0 Å². The van der Waals surface area contributed by atoms with Crippen LogP contribution in [0.3, 0.4) is 0 Å². The van der Waals surface area contributed by atoms with Crippen LogP contribution in [0.1, 0.15) is 64.7 Å². The summed E-state index contributed by atoms with van der Waals surface area (Å²) in [5.41, 5.74) is 0. The molecule has 0 spiro atoms. The maximum absolute atomic E-state index is 11.5. The second-order valence-electron chi connectivity index (χ2n) is 4.60. The minimum absolute atomic E-state index is 0.140. The molecule has 0 N–H and O–H groups in total. The van der Waals surface area contributed by atoms with E-state index in [4.69, 9.17) is 4.74 Å². The lowest BCUT2D eigenvalue weighted by molar-refractivity contribution is -0.143. The van der Waals surface area contributed by atoms with Crippen molar-refractivity contribution in [3.8, 4) is 0 Å². The molecule has 1 rings (SSSR count). The largest absolute Gasteiger partial charge is 0.459 e. The van der Waals surface area contributed by atoms with Crippen molar-refractivity contribution in [2.45, 2.75) is 70.8 Å². The van der Waals surface area contributed by atoms with E-state index >= 15 is 0 Å². The Morgan fingerprint density at radius 2 is 2.00 bits per heavy atom. The van der Waals surface area contributed by atoms with Gasteiger partial charge < -0.3 is 4.74 Å². The van der Waals surface area contributed by atoms with E-state index in [2.05, 4.69) is 6.92 Å². The lowest BCUT2D eigenvalue weighted by Crippen LogP contribution is -2.16. The molecular weight excluding hydrogens is 200 g/mol. The number of carbonyl (C=O) groups is 1. The first-order valence-corrected chi connectivity index (χ1v) is 6.70. The molecule has 0 saturated carbocycles. The van der Waals surface area contributed by atoms with Gasteiger partial charge in [-0.15, -0.1) is 0 Å². The first-order valence-electron chi connectivity index (χ1n) is 6.70. The monoisotopic (exact) mass is 224 g/mol. The van der Waals surface area contributed by atoms with E-state index in [0.717, 1.165) is 25.7 Å². The number of allylic oxidation sites excluding steroid dienone is 1. The zero-order valence-electron chi connectivity index (χ0n) is 10.4. The first kappa shape index (κ1) is 13.3. The zero-order valence-corrected chi connectivity index (χ0v) is 10.4. The topological polar surface area (TPSA) is 26.3 Å². The number of hydrogen-bond acceptors (Lipinski definition) is 2. The van der Waals surface area contributed by atoms with Gasteiger partial charge in [-0.25, -0.2) is 4.79 Å². The summed E-state index contributed by atoms with van der Waals surface area (Å²) < 4.78 is 5.44. The minimum Gasteiger partial charge on any atom is -0.459 e. The van der Waals surface area contributed by atoms with E-state index in [1.54, 1.807) is 6.08 Å². The maximum atomic E-state index is 11.5. The van der Waals surface area contributed by atoms with Crippen molar-refractivity contribution in [2.75, 3.05) is 0 Å². The number of esters is 1. The van der Waals surface area contributed by atoms with Crippen LogP contribution in [0.4, 0.5) is 0 Å². The van der Waals surface area contributed by atoms with Crippen LogP contribution in [-0.2, 0) is 9.53 Å². The third-order valence-electron chi connectivity index (χ3n) is 3.04. The van der Waals surface area contributed by atoms with Crippen molar-refractivity contribution in [3.05, 3.63) is 12.2 Å². The van der Waals surface area contributed by atoms with Gasteiger partial charge in [-0.3, -0.25) is 0 Å². The van der Waals surface area contributed by atoms with Gasteiger partial charge in [-0.1, -0.05) is 38.7 Å². The van der Waals surface area contributed by atoms with Gasteiger partial charge in [0.05, 0.1) is 0 Å². The summed E-state index contributed by atoms with van der Waals surface area (Å²) in [5.74, 6) is -0.154. The number of cyclic esters (lactones) is 1. The quantitative estimate of drug-likeness (QED) is 0.663. The highest BCUT2D eigenvalue weighted by molar-refractivity contribution is 5.82. The number of carbonyl (C=O) groups excluding carboxylic acids is 1. The van der Waals surface area contributed by atoms with Gasteiger partial charge in [0.15, 0.2) is 0 Å². The molecule has 0 amide bonds. The Morgan fingerprint density at radius 3 is 2.81 bits per heavy atom. The molecular formula is C14H24O2. The van der Waals surface area contributed by atoms with Crippen molar-refractivity contribution in [2.24, 2.45) is 0 Å². The average molecular weight is 224 g/mol. The summed E-state index contributed by atoms with van der Waals surface area (Å²) >= 11 is 0. The molecule has 2 nitrogen and oxygen atoms in total. The van der Waals surface area contributed by atoms with Gasteiger partial charge in [-0.05, 0) is 32.1 Å². The Bertz CT molecular complexity index is 221. The Kier molecular flexibility index (Phi) is 6.95. The molecule has 92 valence electrons. The molecule has 0 aliphatic carbocycles. The molecule has 1 heterocycles. The van der Waals surface area contributed by atoms with Crippen LogP contribution in [0.15, 0.2) is 12.2 Å². The van der Waals surface area contributed by atoms with Crippen LogP contribution in [-0.4, -0.2) is 12.1 Å². The van der Waals surface area contributed by atoms with Gasteiger partial charge in [0.1, 0.15) is 6.10 Å². The van der Waals surface area contributed by atoms with Gasteiger partial charge in [-0.2, -0.15) is 0 Å². The van der Waals surface area contributed by atoms with Crippen LogP contribution in [0.5, 0.6) is 0 Å². The van der Waals surface area contributed by atoms with E-state index in [-0.39, 0.29) is 12.1 Å². The van der Waals surface area contributed by atoms with Crippen molar-refractivity contribution >= 4 is 5.97 Å². The smallest absolute Gasteiger partial charge is 0.330 e. The Hall–Kier alpha value is -0.790. The maximum Gasteiger partial charge on any atom is 0.330 e. The fraction of sp³-hybridized carbons (Fsp3) is 0.786.